The molecular weight excluding hydrogens is 283 g/mol. The number of hydrogen-bond donors (Lipinski definition) is 2. The topological polar surface area (TPSA) is 67.8 Å². The van der Waals surface area contributed by atoms with Gasteiger partial charge in [0.05, 0.1) is 5.02 Å². The number of rotatable bonds is 3. The molecule has 0 aliphatic heterocycles. The maximum Gasteiger partial charge on any atom is 0.171 e. The molecule has 0 spiro atoms. The molecule has 0 atom stereocenters. The summed E-state index contributed by atoms with van der Waals surface area (Å²) in [6.07, 6.45) is 0. The Kier molecular flexibility index (Phi) is 4.10. The lowest BCUT2D eigenvalue weighted by Crippen LogP contribution is -2.13. The second kappa shape index (κ2) is 5.79. The molecule has 0 radical (unpaired) electrons. The SMILES string of the molecule is Cc1cc(F)ccc1Oc1ccc(/C(N)=N/O)c(Cl)c1. The summed E-state index contributed by atoms with van der Waals surface area (Å²) in [6, 6.07) is 8.97. The van der Waals surface area contributed by atoms with Crippen LogP contribution in [0.1, 0.15) is 11.1 Å². The molecule has 0 aliphatic rings. The zero-order chi connectivity index (χ0) is 14.7. The van der Waals surface area contributed by atoms with Gasteiger partial charge in [0.15, 0.2) is 5.84 Å². The van der Waals surface area contributed by atoms with E-state index in [4.69, 9.17) is 27.3 Å². The van der Waals surface area contributed by atoms with Crippen LogP contribution in [0.4, 0.5) is 4.39 Å². The lowest BCUT2D eigenvalue weighted by Gasteiger charge is -2.10. The van der Waals surface area contributed by atoms with Crippen LogP contribution in [0.25, 0.3) is 0 Å². The first-order chi connectivity index (χ1) is 9.51. The van der Waals surface area contributed by atoms with Gasteiger partial charge in [-0.15, -0.1) is 0 Å². The van der Waals surface area contributed by atoms with Crippen molar-refractivity contribution in [1.82, 2.24) is 0 Å². The summed E-state index contributed by atoms with van der Waals surface area (Å²) in [5, 5.41) is 11.8. The number of nitrogens with zero attached hydrogens (tertiary/aromatic N) is 1. The van der Waals surface area contributed by atoms with Crippen molar-refractivity contribution in [3.05, 3.63) is 58.4 Å². The predicted molar refractivity (Wildman–Crippen MR) is 75.2 cm³/mol. The van der Waals surface area contributed by atoms with Crippen LogP contribution in [-0.2, 0) is 0 Å². The van der Waals surface area contributed by atoms with Crippen LogP contribution in [0.5, 0.6) is 11.5 Å². The van der Waals surface area contributed by atoms with E-state index in [1.807, 2.05) is 0 Å². The normalized spacial score (nSPS) is 11.4. The van der Waals surface area contributed by atoms with Gasteiger partial charge in [-0.2, -0.15) is 0 Å². The molecule has 20 heavy (non-hydrogen) atoms. The Morgan fingerprint density at radius 2 is 2.05 bits per heavy atom. The smallest absolute Gasteiger partial charge is 0.171 e. The minimum absolute atomic E-state index is 0.0838. The van der Waals surface area contributed by atoms with E-state index in [1.165, 1.54) is 24.3 Å². The van der Waals surface area contributed by atoms with Crippen LogP contribution in [0.2, 0.25) is 5.02 Å². The minimum Gasteiger partial charge on any atom is -0.457 e. The predicted octanol–water partition coefficient (Wildman–Crippen LogP) is 3.67. The molecule has 0 unspecified atom stereocenters. The first-order valence-electron chi connectivity index (χ1n) is 5.72. The summed E-state index contributed by atoms with van der Waals surface area (Å²) in [6.45, 7) is 1.74. The van der Waals surface area contributed by atoms with Crippen LogP contribution < -0.4 is 10.5 Å². The molecule has 4 nitrogen and oxygen atoms in total. The van der Waals surface area contributed by atoms with E-state index in [0.717, 1.165) is 0 Å². The summed E-state index contributed by atoms with van der Waals surface area (Å²) in [5.74, 6) is 0.591. The molecule has 0 amide bonds. The van der Waals surface area contributed by atoms with Gasteiger partial charge in [0, 0.05) is 11.6 Å². The summed E-state index contributed by atoms with van der Waals surface area (Å²) < 4.78 is 18.6. The highest BCUT2D eigenvalue weighted by Gasteiger charge is 2.08. The number of nitrogens with two attached hydrogens (primary N) is 1. The molecule has 0 heterocycles. The average Bonchev–Trinajstić information content (AvgIpc) is 2.41. The van der Waals surface area contributed by atoms with Crippen molar-refractivity contribution < 1.29 is 14.3 Å². The van der Waals surface area contributed by atoms with Crippen molar-refractivity contribution in [2.45, 2.75) is 6.92 Å². The fourth-order valence-electron chi connectivity index (χ4n) is 1.68. The van der Waals surface area contributed by atoms with E-state index < -0.39 is 0 Å². The van der Waals surface area contributed by atoms with E-state index in [9.17, 15) is 4.39 Å². The molecule has 3 N–H and O–H groups in total. The number of oxime groups is 1. The van der Waals surface area contributed by atoms with Crippen molar-refractivity contribution in [1.29, 1.82) is 0 Å². The van der Waals surface area contributed by atoms with Gasteiger partial charge in [0.1, 0.15) is 17.3 Å². The third-order valence-electron chi connectivity index (χ3n) is 2.69. The number of halogens is 2. The molecule has 6 heteroatoms. The number of ether oxygens (including phenoxy) is 1. The highest BCUT2D eigenvalue weighted by atomic mass is 35.5. The summed E-state index contributed by atoms with van der Waals surface area (Å²) in [4.78, 5) is 0. The Bertz CT molecular complexity index is 674. The van der Waals surface area contributed by atoms with Crippen molar-refractivity contribution in [3.63, 3.8) is 0 Å². The highest BCUT2D eigenvalue weighted by Crippen LogP contribution is 2.29. The van der Waals surface area contributed by atoms with Crippen LogP contribution >= 0.6 is 11.6 Å². The zero-order valence-electron chi connectivity index (χ0n) is 10.6. The Balaban J connectivity index is 2.29. The molecule has 2 rings (SSSR count). The van der Waals surface area contributed by atoms with Crippen LogP contribution in [-0.4, -0.2) is 11.0 Å². The molecule has 104 valence electrons. The van der Waals surface area contributed by atoms with E-state index in [0.29, 0.717) is 22.6 Å². The standard InChI is InChI=1S/C14H12ClFN2O2/c1-8-6-9(16)2-5-13(8)20-10-3-4-11(12(15)7-10)14(17)18-19/h2-7,19H,1H3,(H2,17,18). The van der Waals surface area contributed by atoms with Crippen LogP contribution in [0.3, 0.4) is 0 Å². The largest absolute Gasteiger partial charge is 0.457 e. The quantitative estimate of drug-likeness (QED) is 0.393. The van der Waals surface area contributed by atoms with Crippen molar-refractivity contribution in [3.8, 4) is 11.5 Å². The van der Waals surface area contributed by atoms with E-state index in [1.54, 1.807) is 19.1 Å². The first-order valence-corrected chi connectivity index (χ1v) is 6.10. The maximum absolute atomic E-state index is 13.0. The Labute approximate surface area is 120 Å². The third kappa shape index (κ3) is 3.00. The molecule has 0 aliphatic carbocycles. The summed E-state index contributed by atoms with van der Waals surface area (Å²) in [5.41, 5.74) is 6.54. The lowest BCUT2D eigenvalue weighted by atomic mass is 10.2. The molecule has 0 saturated carbocycles. The average molecular weight is 295 g/mol. The van der Waals surface area contributed by atoms with Gasteiger partial charge in [-0.3, -0.25) is 0 Å². The molecule has 2 aromatic carbocycles. The zero-order valence-corrected chi connectivity index (χ0v) is 11.4. The van der Waals surface area contributed by atoms with Gasteiger partial charge in [-0.25, -0.2) is 4.39 Å². The summed E-state index contributed by atoms with van der Waals surface area (Å²) >= 11 is 6.02. The second-order valence-corrected chi connectivity index (χ2v) is 4.55. The molecule has 0 saturated heterocycles. The van der Waals surface area contributed by atoms with Gasteiger partial charge >= 0.3 is 0 Å². The van der Waals surface area contributed by atoms with Gasteiger partial charge in [0.25, 0.3) is 0 Å². The van der Waals surface area contributed by atoms with Gasteiger partial charge < -0.3 is 15.7 Å². The Morgan fingerprint density at radius 3 is 2.65 bits per heavy atom. The van der Waals surface area contributed by atoms with Crippen LogP contribution in [0.15, 0.2) is 41.6 Å². The van der Waals surface area contributed by atoms with Crippen molar-refractivity contribution in [2.24, 2.45) is 10.9 Å². The molecule has 0 fully saturated rings. The molecular formula is C14H12ClFN2O2. The second-order valence-electron chi connectivity index (χ2n) is 4.14. The maximum atomic E-state index is 13.0. The number of benzene rings is 2. The number of hydrogen-bond acceptors (Lipinski definition) is 3. The van der Waals surface area contributed by atoms with Crippen molar-refractivity contribution in [2.75, 3.05) is 0 Å². The third-order valence-corrected chi connectivity index (χ3v) is 3.00. The number of amidine groups is 1. The minimum atomic E-state index is -0.324. The summed E-state index contributed by atoms with van der Waals surface area (Å²) in [7, 11) is 0. The van der Waals surface area contributed by atoms with Crippen LogP contribution in [0, 0.1) is 12.7 Å². The van der Waals surface area contributed by atoms with E-state index in [2.05, 4.69) is 5.16 Å². The van der Waals surface area contributed by atoms with E-state index >= 15 is 0 Å². The Morgan fingerprint density at radius 1 is 1.30 bits per heavy atom. The van der Waals surface area contributed by atoms with Gasteiger partial charge in [-0.05, 0) is 42.8 Å². The molecule has 0 aromatic heterocycles. The Hall–Kier alpha value is -2.27. The van der Waals surface area contributed by atoms with Gasteiger partial charge in [0.2, 0.25) is 0 Å². The van der Waals surface area contributed by atoms with Gasteiger partial charge in [-0.1, -0.05) is 16.8 Å². The molecule has 0 bridgehead atoms. The molecule has 2 aromatic rings. The first kappa shape index (κ1) is 14.1. The highest BCUT2D eigenvalue weighted by molar-refractivity contribution is 6.34. The fourth-order valence-corrected chi connectivity index (χ4v) is 1.94. The fraction of sp³-hybridized carbons (Fsp3) is 0.0714. The monoisotopic (exact) mass is 294 g/mol. The lowest BCUT2D eigenvalue weighted by molar-refractivity contribution is 0.318. The van der Waals surface area contributed by atoms with E-state index in [-0.39, 0.29) is 16.7 Å². The number of aryl methyl sites for hydroxylation is 1. The van der Waals surface area contributed by atoms with Crippen molar-refractivity contribution >= 4 is 17.4 Å².